The highest BCUT2D eigenvalue weighted by atomic mass is 32.1. The number of nitrogens with two attached hydrogens (primary N) is 1. The summed E-state index contributed by atoms with van der Waals surface area (Å²) in [4.78, 5) is 22.3. The van der Waals surface area contributed by atoms with Gasteiger partial charge in [-0.1, -0.05) is 12.1 Å². The number of rotatable bonds is 5. The Balaban J connectivity index is 1.34. The number of hydrogen-bond acceptors (Lipinski definition) is 7. The highest BCUT2D eigenvalue weighted by Gasteiger charge is 2.22. The fourth-order valence-electron chi connectivity index (χ4n) is 4.05. The molecule has 3 aromatic heterocycles. The molecule has 9 nitrogen and oxygen atoms in total. The van der Waals surface area contributed by atoms with Crippen LogP contribution in [-0.4, -0.2) is 42.0 Å². The van der Waals surface area contributed by atoms with Crippen LogP contribution in [0.25, 0.3) is 26.8 Å². The lowest BCUT2D eigenvalue weighted by atomic mass is 10.1. The first kappa shape index (κ1) is 20.3. The molecule has 5 aromatic rings. The molecule has 0 radical (unpaired) electrons. The number of thiophene rings is 1. The third kappa shape index (κ3) is 3.63. The summed E-state index contributed by atoms with van der Waals surface area (Å²) in [6.07, 6.45) is 5.55. The lowest BCUT2D eigenvalue weighted by molar-refractivity contribution is 0.1000. The van der Waals surface area contributed by atoms with E-state index in [9.17, 15) is 4.79 Å². The largest absolute Gasteiger partial charge is 0.493 e. The molecule has 0 saturated carbocycles. The minimum absolute atomic E-state index is 0.436. The van der Waals surface area contributed by atoms with Gasteiger partial charge < -0.3 is 10.5 Å². The molecule has 1 amide bonds. The van der Waals surface area contributed by atoms with Crippen LogP contribution in [0.5, 0.6) is 5.75 Å². The van der Waals surface area contributed by atoms with Crippen LogP contribution in [-0.2, 0) is 13.0 Å². The highest BCUT2D eigenvalue weighted by Crippen LogP contribution is 2.43. The van der Waals surface area contributed by atoms with Crippen molar-refractivity contribution in [3.63, 3.8) is 0 Å². The Hall–Kier alpha value is -4.31. The van der Waals surface area contributed by atoms with E-state index in [0.717, 1.165) is 38.8 Å². The molecule has 0 bridgehead atoms. The lowest BCUT2D eigenvalue weighted by Crippen LogP contribution is -2.11. The predicted molar refractivity (Wildman–Crippen MR) is 127 cm³/mol. The fourth-order valence-corrected chi connectivity index (χ4v) is 5.27. The topological polar surface area (TPSA) is 114 Å². The van der Waals surface area contributed by atoms with E-state index in [1.54, 1.807) is 40.8 Å². The maximum Gasteiger partial charge on any atom is 0.248 e. The summed E-state index contributed by atoms with van der Waals surface area (Å²) in [6, 6.07) is 15.7. The van der Waals surface area contributed by atoms with E-state index < -0.39 is 5.91 Å². The van der Waals surface area contributed by atoms with Crippen molar-refractivity contribution in [2.24, 2.45) is 5.73 Å². The standard InChI is InChI=1S/C24H19N7O2S/c25-23(32)17-3-6-19-20(9-17)33-8-7-16-10-21(34-22(16)19)24-27-13-29-31(24)18-4-1-15(2-5-18)11-30-14-26-12-28-30/h1-6,9-10,12-14H,7-8,11H2,(H2,25,32). The number of nitrogens with zero attached hydrogens (tertiary/aromatic N) is 6. The van der Waals surface area contributed by atoms with Crippen molar-refractivity contribution in [1.82, 2.24) is 29.5 Å². The Morgan fingerprint density at radius 1 is 1.09 bits per heavy atom. The smallest absolute Gasteiger partial charge is 0.248 e. The first-order valence-corrected chi connectivity index (χ1v) is 11.5. The van der Waals surface area contributed by atoms with Crippen LogP contribution in [0.15, 0.2) is 67.5 Å². The van der Waals surface area contributed by atoms with Crippen LogP contribution in [0.2, 0.25) is 0 Å². The normalized spacial score (nSPS) is 12.5. The lowest BCUT2D eigenvalue weighted by Gasteiger charge is -2.08. The van der Waals surface area contributed by atoms with Crippen LogP contribution < -0.4 is 10.5 Å². The van der Waals surface area contributed by atoms with Crippen molar-refractivity contribution >= 4 is 17.2 Å². The Morgan fingerprint density at radius 3 is 2.76 bits per heavy atom. The molecule has 1 aliphatic rings. The SMILES string of the molecule is NC(=O)c1ccc2c(c1)OCCc1cc(-c3ncnn3-c3ccc(Cn4cncn4)cc3)sc1-2. The zero-order valence-electron chi connectivity index (χ0n) is 18.0. The van der Waals surface area contributed by atoms with Crippen LogP contribution >= 0.6 is 11.3 Å². The van der Waals surface area contributed by atoms with Gasteiger partial charge in [-0.25, -0.2) is 19.3 Å². The van der Waals surface area contributed by atoms with Crippen LogP contribution in [0.3, 0.4) is 0 Å². The Morgan fingerprint density at radius 2 is 1.97 bits per heavy atom. The second-order valence-corrected chi connectivity index (χ2v) is 8.95. The molecule has 0 saturated heterocycles. The summed E-state index contributed by atoms with van der Waals surface area (Å²) in [6.45, 7) is 1.18. The average Bonchev–Trinajstić information content (AvgIpc) is 3.59. The van der Waals surface area contributed by atoms with Gasteiger partial charge >= 0.3 is 0 Å². The van der Waals surface area contributed by atoms with E-state index in [4.69, 9.17) is 10.5 Å². The van der Waals surface area contributed by atoms with Gasteiger partial charge in [0.2, 0.25) is 5.91 Å². The summed E-state index contributed by atoms with van der Waals surface area (Å²) in [5, 5.41) is 8.63. The second-order valence-electron chi connectivity index (χ2n) is 7.89. The number of hydrogen-bond donors (Lipinski definition) is 1. The first-order chi connectivity index (χ1) is 16.7. The molecule has 6 rings (SSSR count). The van der Waals surface area contributed by atoms with Crippen molar-refractivity contribution in [1.29, 1.82) is 0 Å². The van der Waals surface area contributed by atoms with Crippen molar-refractivity contribution in [3.05, 3.63) is 84.2 Å². The van der Waals surface area contributed by atoms with Gasteiger partial charge in [-0.3, -0.25) is 4.79 Å². The van der Waals surface area contributed by atoms with Crippen molar-refractivity contribution in [2.45, 2.75) is 13.0 Å². The van der Waals surface area contributed by atoms with Gasteiger partial charge in [0.1, 0.15) is 24.7 Å². The third-order valence-electron chi connectivity index (χ3n) is 5.71. The average molecular weight is 470 g/mol. The van der Waals surface area contributed by atoms with E-state index in [-0.39, 0.29) is 0 Å². The third-order valence-corrected chi connectivity index (χ3v) is 6.92. The molecule has 0 fully saturated rings. The van der Waals surface area contributed by atoms with Gasteiger partial charge in [0.25, 0.3) is 0 Å². The zero-order chi connectivity index (χ0) is 23.1. The molecule has 1 aliphatic heterocycles. The van der Waals surface area contributed by atoms with E-state index in [1.165, 1.54) is 11.9 Å². The molecule has 168 valence electrons. The maximum absolute atomic E-state index is 11.6. The molecule has 0 unspecified atom stereocenters. The Labute approximate surface area is 198 Å². The molecule has 2 aromatic carbocycles. The summed E-state index contributed by atoms with van der Waals surface area (Å²) in [5.74, 6) is 0.981. The summed E-state index contributed by atoms with van der Waals surface area (Å²) in [5.41, 5.74) is 10.1. The van der Waals surface area contributed by atoms with Crippen LogP contribution in [0.1, 0.15) is 21.5 Å². The molecule has 2 N–H and O–H groups in total. The van der Waals surface area contributed by atoms with E-state index in [1.807, 2.05) is 22.9 Å². The maximum atomic E-state index is 11.6. The van der Waals surface area contributed by atoms with Gasteiger partial charge in [-0.2, -0.15) is 10.2 Å². The van der Waals surface area contributed by atoms with Crippen molar-refractivity contribution in [3.8, 4) is 32.6 Å². The number of amides is 1. The van der Waals surface area contributed by atoms with Crippen LogP contribution in [0, 0.1) is 0 Å². The number of fused-ring (bicyclic) bond motifs is 3. The van der Waals surface area contributed by atoms with E-state index >= 15 is 0 Å². The quantitative estimate of drug-likeness (QED) is 0.422. The highest BCUT2D eigenvalue weighted by molar-refractivity contribution is 7.19. The minimum Gasteiger partial charge on any atom is -0.493 e. The van der Waals surface area contributed by atoms with Crippen molar-refractivity contribution in [2.75, 3.05) is 6.61 Å². The Bertz CT molecular complexity index is 1490. The minimum atomic E-state index is -0.469. The monoisotopic (exact) mass is 469 g/mol. The predicted octanol–water partition coefficient (Wildman–Crippen LogP) is 3.34. The van der Waals surface area contributed by atoms with Gasteiger partial charge in [-0.05, 0) is 47.5 Å². The molecule has 0 aliphatic carbocycles. The number of ether oxygens (including phenoxy) is 1. The number of carbonyl (C=O) groups is 1. The van der Waals surface area contributed by atoms with Crippen molar-refractivity contribution < 1.29 is 9.53 Å². The van der Waals surface area contributed by atoms with E-state index in [0.29, 0.717) is 24.5 Å². The van der Waals surface area contributed by atoms with Gasteiger partial charge in [0, 0.05) is 22.4 Å². The summed E-state index contributed by atoms with van der Waals surface area (Å²) in [7, 11) is 0. The zero-order valence-corrected chi connectivity index (χ0v) is 18.8. The number of benzene rings is 2. The molecule has 4 heterocycles. The first-order valence-electron chi connectivity index (χ1n) is 10.7. The Kier molecular flexibility index (Phi) is 4.92. The van der Waals surface area contributed by atoms with Gasteiger partial charge in [-0.15, -0.1) is 11.3 Å². The summed E-state index contributed by atoms with van der Waals surface area (Å²) < 4.78 is 9.53. The fraction of sp³-hybridized carbons (Fsp3) is 0.125. The molecule has 10 heteroatoms. The number of aromatic nitrogens is 6. The number of carbonyl (C=O) groups excluding carboxylic acids is 1. The summed E-state index contributed by atoms with van der Waals surface area (Å²) >= 11 is 1.64. The van der Waals surface area contributed by atoms with Crippen LogP contribution in [0.4, 0.5) is 0 Å². The van der Waals surface area contributed by atoms with E-state index in [2.05, 4.69) is 38.4 Å². The van der Waals surface area contributed by atoms with Gasteiger partial charge in [0.05, 0.1) is 23.7 Å². The number of primary amides is 1. The molecular weight excluding hydrogens is 450 g/mol. The molecular formula is C24H19N7O2S. The molecule has 34 heavy (non-hydrogen) atoms. The van der Waals surface area contributed by atoms with Gasteiger partial charge in [0.15, 0.2) is 5.82 Å². The molecule has 0 atom stereocenters. The molecule has 0 spiro atoms. The second kappa shape index (κ2) is 8.23.